The van der Waals surface area contributed by atoms with Gasteiger partial charge in [-0.3, -0.25) is 4.90 Å². The summed E-state index contributed by atoms with van der Waals surface area (Å²) in [5.41, 5.74) is 9.26. The maximum absolute atomic E-state index is 5.30. The van der Waals surface area contributed by atoms with E-state index in [0.29, 0.717) is 6.04 Å². The largest absolute Gasteiger partial charge is 0.359 e. The number of hydrogen-bond acceptors (Lipinski definition) is 4. The lowest BCUT2D eigenvalue weighted by Gasteiger charge is -2.34. The van der Waals surface area contributed by atoms with Gasteiger partial charge in [0.05, 0.1) is 0 Å². The molecule has 0 amide bonds. The lowest BCUT2D eigenvalue weighted by molar-refractivity contribution is 0.212. The van der Waals surface area contributed by atoms with Gasteiger partial charge in [-0.15, -0.1) is 0 Å². The standard InChI is InChI=1S/C32H44N4/c1-7-10-21-35(5)32-28(22-36(6)29-20-14-18-26-15-11-12-19-27(26)29)23(4)33-31(34-32)30-24(8-2)16-13-17-25(30)9-3/h11-13,15-17,19,29H,7-10,14,18,20-22H2,1-6H3/t29-/m0/s1. The Morgan fingerprint density at radius 1 is 0.917 bits per heavy atom. The van der Waals surface area contributed by atoms with Gasteiger partial charge in [0.2, 0.25) is 0 Å². The molecule has 1 aliphatic carbocycles. The first-order valence-electron chi connectivity index (χ1n) is 14.0. The highest BCUT2D eigenvalue weighted by Crippen LogP contribution is 2.36. The third-order valence-electron chi connectivity index (χ3n) is 7.90. The number of anilines is 1. The number of benzene rings is 2. The molecule has 4 nitrogen and oxygen atoms in total. The van der Waals surface area contributed by atoms with Gasteiger partial charge in [0, 0.05) is 43.0 Å². The molecule has 0 saturated carbocycles. The Morgan fingerprint density at radius 3 is 2.33 bits per heavy atom. The second kappa shape index (κ2) is 12.0. The summed E-state index contributed by atoms with van der Waals surface area (Å²) in [6, 6.07) is 16.1. The molecule has 1 heterocycles. The van der Waals surface area contributed by atoms with Gasteiger partial charge in [-0.1, -0.05) is 69.7 Å². The first-order valence-corrected chi connectivity index (χ1v) is 14.0. The summed E-state index contributed by atoms with van der Waals surface area (Å²) in [7, 11) is 4.48. The number of fused-ring (bicyclic) bond motifs is 1. The summed E-state index contributed by atoms with van der Waals surface area (Å²) in [6.07, 6.45) is 7.95. The Morgan fingerprint density at radius 2 is 1.64 bits per heavy atom. The zero-order valence-electron chi connectivity index (χ0n) is 23.3. The van der Waals surface area contributed by atoms with Crippen LogP contribution in [0.3, 0.4) is 0 Å². The first kappa shape index (κ1) is 26.3. The van der Waals surface area contributed by atoms with Crippen molar-refractivity contribution in [2.75, 3.05) is 25.5 Å². The Bertz CT molecular complexity index is 1150. The Hall–Kier alpha value is -2.72. The van der Waals surface area contributed by atoms with Crippen molar-refractivity contribution in [3.8, 4) is 11.4 Å². The van der Waals surface area contributed by atoms with Crippen LogP contribution >= 0.6 is 0 Å². The van der Waals surface area contributed by atoms with E-state index in [1.807, 2.05) is 0 Å². The molecule has 4 heteroatoms. The highest BCUT2D eigenvalue weighted by atomic mass is 15.2. The second-order valence-electron chi connectivity index (χ2n) is 10.4. The third kappa shape index (κ3) is 5.49. The van der Waals surface area contributed by atoms with Gasteiger partial charge in [-0.2, -0.15) is 0 Å². The smallest absolute Gasteiger partial charge is 0.162 e. The summed E-state index contributed by atoms with van der Waals surface area (Å²) in [4.78, 5) is 15.4. The number of hydrogen-bond donors (Lipinski definition) is 0. The molecule has 1 aliphatic rings. The monoisotopic (exact) mass is 484 g/mol. The van der Waals surface area contributed by atoms with E-state index >= 15 is 0 Å². The maximum Gasteiger partial charge on any atom is 0.162 e. The zero-order chi connectivity index (χ0) is 25.7. The molecule has 36 heavy (non-hydrogen) atoms. The fraction of sp³-hybridized carbons (Fsp3) is 0.500. The fourth-order valence-corrected chi connectivity index (χ4v) is 5.77. The zero-order valence-corrected chi connectivity index (χ0v) is 23.3. The highest BCUT2D eigenvalue weighted by molar-refractivity contribution is 5.68. The highest BCUT2D eigenvalue weighted by Gasteiger charge is 2.26. The molecule has 3 aromatic rings. The molecule has 0 saturated heterocycles. The lowest BCUT2D eigenvalue weighted by Crippen LogP contribution is -2.30. The van der Waals surface area contributed by atoms with Gasteiger partial charge in [0.1, 0.15) is 5.82 Å². The SMILES string of the molecule is CCCCN(C)c1nc(-c2c(CC)cccc2CC)nc(C)c1CN(C)[C@H]1CCCc2ccccc21. The van der Waals surface area contributed by atoms with Crippen LogP contribution in [0.4, 0.5) is 5.82 Å². The number of aryl methyl sites for hydroxylation is 4. The van der Waals surface area contributed by atoms with Crippen LogP contribution in [0.25, 0.3) is 11.4 Å². The number of unbranched alkanes of at least 4 members (excludes halogenated alkanes) is 1. The molecule has 1 aromatic heterocycles. The molecular weight excluding hydrogens is 440 g/mol. The molecule has 0 N–H and O–H groups in total. The lowest BCUT2D eigenvalue weighted by atomic mass is 9.87. The third-order valence-corrected chi connectivity index (χ3v) is 7.90. The van der Waals surface area contributed by atoms with Crippen molar-refractivity contribution in [1.82, 2.24) is 14.9 Å². The Kier molecular flexibility index (Phi) is 8.79. The summed E-state index contributed by atoms with van der Waals surface area (Å²) in [5.74, 6) is 1.98. The molecule has 2 aromatic carbocycles. The van der Waals surface area contributed by atoms with Crippen LogP contribution in [0, 0.1) is 6.92 Å². The number of nitrogens with zero attached hydrogens (tertiary/aromatic N) is 4. The van der Waals surface area contributed by atoms with Crippen molar-refractivity contribution >= 4 is 5.82 Å². The van der Waals surface area contributed by atoms with Crippen LogP contribution in [0.2, 0.25) is 0 Å². The van der Waals surface area contributed by atoms with Crippen LogP contribution in [0.5, 0.6) is 0 Å². The molecule has 1 atom stereocenters. The van der Waals surface area contributed by atoms with Crippen LogP contribution in [0.15, 0.2) is 42.5 Å². The second-order valence-corrected chi connectivity index (χ2v) is 10.4. The van der Waals surface area contributed by atoms with Crippen molar-refractivity contribution in [3.63, 3.8) is 0 Å². The molecule has 0 spiro atoms. The molecule has 0 aliphatic heterocycles. The topological polar surface area (TPSA) is 32.3 Å². The summed E-state index contributed by atoms with van der Waals surface area (Å²) in [5, 5.41) is 0. The van der Waals surface area contributed by atoms with E-state index in [4.69, 9.17) is 9.97 Å². The van der Waals surface area contributed by atoms with Gasteiger partial charge in [-0.05, 0) is 74.8 Å². The van der Waals surface area contributed by atoms with E-state index in [0.717, 1.165) is 49.7 Å². The average Bonchev–Trinajstić information content (AvgIpc) is 2.91. The molecule has 0 fully saturated rings. The van der Waals surface area contributed by atoms with Crippen LogP contribution in [0.1, 0.15) is 86.0 Å². The van der Waals surface area contributed by atoms with E-state index in [9.17, 15) is 0 Å². The van der Waals surface area contributed by atoms with E-state index < -0.39 is 0 Å². The van der Waals surface area contributed by atoms with Crippen molar-refractivity contribution in [1.29, 1.82) is 0 Å². The summed E-state index contributed by atoms with van der Waals surface area (Å²) < 4.78 is 0. The molecule has 4 rings (SSSR count). The minimum Gasteiger partial charge on any atom is -0.359 e. The van der Waals surface area contributed by atoms with Gasteiger partial charge < -0.3 is 4.90 Å². The van der Waals surface area contributed by atoms with Crippen molar-refractivity contribution in [3.05, 3.63) is 76.0 Å². The van der Waals surface area contributed by atoms with Crippen LogP contribution < -0.4 is 4.90 Å². The Labute approximate surface area is 218 Å². The maximum atomic E-state index is 5.30. The van der Waals surface area contributed by atoms with Gasteiger partial charge >= 0.3 is 0 Å². The number of rotatable bonds is 10. The van der Waals surface area contributed by atoms with Crippen LogP contribution in [-0.4, -0.2) is 35.5 Å². The van der Waals surface area contributed by atoms with Crippen LogP contribution in [-0.2, 0) is 25.8 Å². The van der Waals surface area contributed by atoms with Gasteiger partial charge in [-0.25, -0.2) is 9.97 Å². The molecule has 0 radical (unpaired) electrons. The minimum absolute atomic E-state index is 0.440. The minimum atomic E-state index is 0.440. The van der Waals surface area contributed by atoms with Crippen molar-refractivity contribution < 1.29 is 0 Å². The Balaban J connectivity index is 1.76. The normalized spacial score (nSPS) is 15.2. The molecular formula is C32H44N4. The quantitative estimate of drug-likeness (QED) is 0.302. The van der Waals surface area contributed by atoms with E-state index in [2.05, 4.69) is 94.1 Å². The van der Waals surface area contributed by atoms with Gasteiger partial charge in [0.25, 0.3) is 0 Å². The average molecular weight is 485 g/mol. The molecule has 0 unspecified atom stereocenters. The number of aromatic nitrogens is 2. The molecule has 192 valence electrons. The van der Waals surface area contributed by atoms with Crippen molar-refractivity contribution in [2.45, 2.75) is 85.2 Å². The summed E-state index contributed by atoms with van der Waals surface area (Å²) in [6.45, 7) is 10.7. The summed E-state index contributed by atoms with van der Waals surface area (Å²) >= 11 is 0. The van der Waals surface area contributed by atoms with E-state index in [1.165, 1.54) is 59.1 Å². The predicted molar refractivity (Wildman–Crippen MR) is 153 cm³/mol. The van der Waals surface area contributed by atoms with E-state index in [1.54, 1.807) is 0 Å². The molecule has 0 bridgehead atoms. The fourth-order valence-electron chi connectivity index (χ4n) is 5.77. The van der Waals surface area contributed by atoms with E-state index in [-0.39, 0.29) is 0 Å². The predicted octanol–water partition coefficient (Wildman–Crippen LogP) is 7.32. The van der Waals surface area contributed by atoms with Crippen molar-refractivity contribution in [2.24, 2.45) is 0 Å². The van der Waals surface area contributed by atoms with Gasteiger partial charge in [0.15, 0.2) is 5.82 Å². The first-order chi connectivity index (χ1) is 17.5.